The summed E-state index contributed by atoms with van der Waals surface area (Å²) < 4.78 is 30.5. The fourth-order valence-corrected chi connectivity index (χ4v) is 15.0. The van der Waals surface area contributed by atoms with Crippen LogP contribution in [0.1, 0.15) is 106 Å². The lowest BCUT2D eigenvalue weighted by molar-refractivity contribution is -0.368. The van der Waals surface area contributed by atoms with Crippen LogP contribution in [0, 0.1) is 50.7 Å². The smallest absolute Gasteiger partial charge is 0.187 e. The predicted octanol–water partition coefficient (Wildman–Crippen LogP) is 0.970. The van der Waals surface area contributed by atoms with E-state index in [2.05, 4.69) is 34.6 Å². The highest BCUT2D eigenvalue weighted by Crippen LogP contribution is 2.89. The van der Waals surface area contributed by atoms with E-state index in [0.29, 0.717) is 18.3 Å². The average molecular weight is 799 g/mol. The van der Waals surface area contributed by atoms with Gasteiger partial charge in [0, 0.05) is 6.42 Å². The van der Waals surface area contributed by atoms with Gasteiger partial charge < -0.3 is 69.6 Å². The molecule has 322 valence electrons. The summed E-state index contributed by atoms with van der Waals surface area (Å²) in [5.41, 5.74) is -0.696. The summed E-state index contributed by atoms with van der Waals surface area (Å²) in [5.74, 6) is 1.02. The summed E-state index contributed by atoms with van der Waals surface area (Å²) in [7, 11) is 0. The van der Waals surface area contributed by atoms with Crippen LogP contribution < -0.4 is 0 Å². The van der Waals surface area contributed by atoms with Crippen molar-refractivity contribution in [2.24, 2.45) is 50.7 Å². The molecule has 0 aromatic heterocycles. The number of hydrogen-bond acceptors (Lipinski definition) is 14. The number of aliphatic hydroxyl groups is 9. The molecular formula is C42H70O14. The van der Waals surface area contributed by atoms with Crippen molar-refractivity contribution in [1.29, 1.82) is 0 Å². The largest absolute Gasteiger partial charge is 0.394 e. The van der Waals surface area contributed by atoms with Crippen LogP contribution in [-0.2, 0) is 23.7 Å². The molecular weight excluding hydrogens is 728 g/mol. The Kier molecular flexibility index (Phi) is 10.5. The van der Waals surface area contributed by atoms with Gasteiger partial charge in [-0.2, -0.15) is 0 Å². The minimum Gasteiger partial charge on any atom is -0.394 e. The maximum absolute atomic E-state index is 12.0. The highest BCUT2D eigenvalue weighted by molar-refractivity contribution is 5.31. The van der Waals surface area contributed by atoms with Gasteiger partial charge in [0.15, 0.2) is 12.6 Å². The molecule has 8 rings (SSSR count). The van der Waals surface area contributed by atoms with Crippen molar-refractivity contribution >= 4 is 0 Å². The second kappa shape index (κ2) is 14.0. The molecule has 8 fully saturated rings. The lowest BCUT2D eigenvalue weighted by Crippen LogP contribution is -2.65. The van der Waals surface area contributed by atoms with Gasteiger partial charge >= 0.3 is 0 Å². The first-order valence-corrected chi connectivity index (χ1v) is 21.4. The summed E-state index contributed by atoms with van der Waals surface area (Å²) in [4.78, 5) is 0. The first kappa shape index (κ1) is 42.1. The fraction of sp³-hybridized carbons (Fsp3) is 1.00. The SMILES string of the molecule is C[C@@H]([C@H]1[C@@H](O)C[C@@]2(C)[C@H]3CC[C@H]4C(C)(C)[C@@H](O[C@@H]5O[C@H](CO)[C@@H](O)[C@H](O[C@H]6O[C@H](CO)[C@@H](O)[C@H](O)[C@H]6O)[C@H]5O)CC[C@@]45C[C@@]35CC[C@]12C)[C@H]1C[C@H](O)C(C)(C)O1. The summed E-state index contributed by atoms with van der Waals surface area (Å²) in [6.45, 7) is 14.3. The first-order valence-electron chi connectivity index (χ1n) is 21.4. The van der Waals surface area contributed by atoms with Crippen molar-refractivity contribution in [2.75, 3.05) is 13.2 Å². The molecule has 0 bridgehead atoms. The van der Waals surface area contributed by atoms with E-state index in [1.165, 1.54) is 0 Å². The van der Waals surface area contributed by atoms with E-state index in [1.54, 1.807) is 0 Å². The van der Waals surface area contributed by atoms with Crippen LogP contribution in [-0.4, -0.2) is 151 Å². The van der Waals surface area contributed by atoms with E-state index in [-0.39, 0.29) is 51.1 Å². The van der Waals surface area contributed by atoms with Crippen LogP contribution >= 0.6 is 0 Å². The van der Waals surface area contributed by atoms with Gasteiger partial charge in [-0.1, -0.05) is 34.6 Å². The number of aliphatic hydroxyl groups excluding tert-OH is 9. The molecule has 56 heavy (non-hydrogen) atoms. The Balaban J connectivity index is 0.982. The van der Waals surface area contributed by atoms with Crippen LogP contribution in [0.25, 0.3) is 0 Å². The molecule has 9 N–H and O–H groups in total. The maximum Gasteiger partial charge on any atom is 0.187 e. The summed E-state index contributed by atoms with van der Waals surface area (Å²) in [6, 6.07) is 0. The molecule has 2 spiro atoms. The van der Waals surface area contributed by atoms with E-state index < -0.39 is 92.4 Å². The van der Waals surface area contributed by atoms with Gasteiger partial charge in [-0.05, 0) is 116 Å². The number of rotatable bonds is 8. The van der Waals surface area contributed by atoms with Crippen molar-refractivity contribution < 1.29 is 69.6 Å². The molecule has 3 heterocycles. The predicted molar refractivity (Wildman–Crippen MR) is 198 cm³/mol. The maximum atomic E-state index is 12.0. The second-order valence-corrected chi connectivity index (χ2v) is 21.2. The first-order chi connectivity index (χ1) is 26.1. The summed E-state index contributed by atoms with van der Waals surface area (Å²) in [5, 5.41) is 96.4. The number of ether oxygens (including phenoxy) is 5. The molecule has 5 saturated carbocycles. The zero-order valence-corrected chi connectivity index (χ0v) is 34.2. The van der Waals surface area contributed by atoms with Crippen LogP contribution in [0.4, 0.5) is 0 Å². The van der Waals surface area contributed by atoms with E-state index in [4.69, 9.17) is 23.7 Å². The van der Waals surface area contributed by atoms with Gasteiger partial charge in [0.25, 0.3) is 0 Å². The summed E-state index contributed by atoms with van der Waals surface area (Å²) in [6.07, 6.45) is -7.91. The van der Waals surface area contributed by atoms with Gasteiger partial charge in [-0.25, -0.2) is 0 Å². The normalized spacial score (nSPS) is 57.8. The lowest BCUT2D eigenvalue weighted by Gasteiger charge is -2.63. The Morgan fingerprint density at radius 2 is 1.27 bits per heavy atom. The average Bonchev–Trinajstić information content (AvgIpc) is 3.64. The minimum absolute atomic E-state index is 0.0432. The Hall–Kier alpha value is -0.560. The Morgan fingerprint density at radius 3 is 1.89 bits per heavy atom. The minimum atomic E-state index is -1.75. The molecule has 8 aliphatic rings. The molecule has 0 aromatic carbocycles. The Morgan fingerprint density at radius 1 is 0.661 bits per heavy atom. The zero-order valence-electron chi connectivity index (χ0n) is 34.2. The van der Waals surface area contributed by atoms with Crippen LogP contribution in [0.3, 0.4) is 0 Å². The van der Waals surface area contributed by atoms with Crippen molar-refractivity contribution in [3.63, 3.8) is 0 Å². The second-order valence-electron chi connectivity index (χ2n) is 21.2. The molecule has 14 heteroatoms. The van der Waals surface area contributed by atoms with E-state index in [9.17, 15) is 46.0 Å². The highest BCUT2D eigenvalue weighted by atomic mass is 16.7. The molecule has 0 radical (unpaired) electrons. The quantitative estimate of drug-likeness (QED) is 0.156. The van der Waals surface area contributed by atoms with E-state index >= 15 is 0 Å². The Bertz CT molecular complexity index is 1460. The molecule has 22 atom stereocenters. The van der Waals surface area contributed by atoms with Gasteiger partial charge in [-0.15, -0.1) is 0 Å². The monoisotopic (exact) mass is 798 g/mol. The van der Waals surface area contributed by atoms with Gasteiger partial charge in [0.2, 0.25) is 0 Å². The standard InChI is InChI=1S/C42H70O14/c1-19(21-14-26(46)38(4,5)56-21)28-20(45)15-40(7)25-9-8-24-37(2,3)27(10-11-41(24)18-42(25,41)13-12-39(28,40)6)54-36-33(51)34(30(48)23(17-44)53-36)55-35-32(50)31(49)29(47)22(16-43)52-35/h19-36,43-51H,8-18H2,1-7H3/t19-,20+,21-,22-,23-,24+,25-,26+,27+,28+,29-,30-,31+,32-,33-,34+,35-,36+,39-,40+,41-,42+/m1/s1. The fourth-order valence-electron chi connectivity index (χ4n) is 15.0. The third kappa shape index (κ3) is 5.78. The van der Waals surface area contributed by atoms with Crippen molar-refractivity contribution in [3.05, 3.63) is 0 Å². The van der Waals surface area contributed by atoms with E-state index in [0.717, 1.165) is 51.4 Å². The van der Waals surface area contributed by atoms with Gasteiger partial charge in [-0.3, -0.25) is 0 Å². The van der Waals surface area contributed by atoms with Crippen molar-refractivity contribution in [1.82, 2.24) is 0 Å². The highest BCUT2D eigenvalue weighted by Gasteiger charge is 2.83. The van der Waals surface area contributed by atoms with Gasteiger partial charge in [0.05, 0.1) is 43.2 Å². The number of hydrogen-bond donors (Lipinski definition) is 9. The lowest BCUT2D eigenvalue weighted by atomic mass is 9.41. The van der Waals surface area contributed by atoms with Crippen molar-refractivity contribution in [3.8, 4) is 0 Å². The van der Waals surface area contributed by atoms with Crippen LogP contribution in [0.5, 0.6) is 0 Å². The molecule has 3 aliphatic heterocycles. The molecule has 3 saturated heterocycles. The van der Waals surface area contributed by atoms with Crippen LogP contribution in [0.2, 0.25) is 0 Å². The van der Waals surface area contributed by atoms with Crippen molar-refractivity contribution in [2.45, 2.75) is 198 Å². The third-order valence-electron chi connectivity index (χ3n) is 18.2. The molecule has 0 amide bonds. The molecule has 0 unspecified atom stereocenters. The third-order valence-corrected chi connectivity index (χ3v) is 18.2. The summed E-state index contributed by atoms with van der Waals surface area (Å²) >= 11 is 0. The Labute approximate surface area is 330 Å². The number of fused-ring (bicyclic) bond motifs is 2. The topological polar surface area (TPSA) is 228 Å². The molecule has 5 aliphatic carbocycles. The molecule has 14 nitrogen and oxygen atoms in total. The molecule has 0 aromatic rings. The van der Waals surface area contributed by atoms with Gasteiger partial charge in [0.1, 0.15) is 48.8 Å². The zero-order chi connectivity index (χ0) is 40.7. The van der Waals surface area contributed by atoms with E-state index in [1.807, 2.05) is 13.8 Å². The van der Waals surface area contributed by atoms with Crippen LogP contribution in [0.15, 0.2) is 0 Å².